The fourth-order valence-corrected chi connectivity index (χ4v) is 2.50. The smallest absolute Gasteiger partial charge is 0.182 e. The molecule has 0 amide bonds. The van der Waals surface area contributed by atoms with E-state index < -0.39 is 0 Å². The van der Waals surface area contributed by atoms with Crippen molar-refractivity contribution < 1.29 is 4.74 Å². The lowest BCUT2D eigenvalue weighted by atomic mass is 9.78. The lowest BCUT2D eigenvalue weighted by molar-refractivity contribution is 0.148. The van der Waals surface area contributed by atoms with Crippen molar-refractivity contribution in [2.24, 2.45) is 0 Å². The summed E-state index contributed by atoms with van der Waals surface area (Å²) in [7, 11) is 1.62. The van der Waals surface area contributed by atoms with Crippen LogP contribution in [0.3, 0.4) is 0 Å². The molecule has 1 aliphatic carbocycles. The Morgan fingerprint density at radius 2 is 2.11 bits per heavy atom. The fraction of sp³-hybridized carbons (Fsp3) is 0.462. The van der Waals surface area contributed by atoms with Gasteiger partial charge in [0.05, 0.1) is 12.6 Å². The first-order valence-corrected chi connectivity index (χ1v) is 6.36. The minimum absolute atomic E-state index is 0.0245. The monoisotopic (exact) mass is 259 g/mol. The molecule has 1 aromatic heterocycles. The molecule has 2 N–H and O–H groups in total. The van der Waals surface area contributed by atoms with E-state index in [1.165, 1.54) is 6.42 Å². The molecule has 3 rings (SSSR count). The number of aromatic nitrogens is 4. The van der Waals surface area contributed by atoms with Crippen molar-refractivity contribution in [2.45, 2.75) is 31.7 Å². The summed E-state index contributed by atoms with van der Waals surface area (Å²) in [5.41, 5.74) is 7.44. The lowest BCUT2D eigenvalue weighted by Crippen LogP contribution is -2.38. The molecule has 6 nitrogen and oxygen atoms in total. The van der Waals surface area contributed by atoms with Gasteiger partial charge in [-0.15, -0.1) is 5.10 Å². The van der Waals surface area contributed by atoms with Gasteiger partial charge in [0.25, 0.3) is 0 Å². The Kier molecular flexibility index (Phi) is 2.66. The standard InChI is InChI=1S/C13H17N5O/c1-13(4-3-5-13)18-12(15-16-17-18)9-6-10(14)8-11(7-9)19-2/h6-8H,3-5,14H2,1-2H3. The van der Waals surface area contributed by atoms with Crippen LogP contribution >= 0.6 is 0 Å². The van der Waals surface area contributed by atoms with Gasteiger partial charge >= 0.3 is 0 Å². The van der Waals surface area contributed by atoms with Crippen LogP contribution < -0.4 is 10.5 Å². The van der Waals surface area contributed by atoms with Crippen molar-refractivity contribution in [3.05, 3.63) is 18.2 Å². The molecule has 19 heavy (non-hydrogen) atoms. The molecule has 0 radical (unpaired) electrons. The summed E-state index contributed by atoms with van der Waals surface area (Å²) in [6.45, 7) is 2.18. The number of nitrogens with zero attached hydrogens (tertiary/aromatic N) is 4. The highest BCUT2D eigenvalue weighted by Crippen LogP contribution is 2.40. The van der Waals surface area contributed by atoms with Crippen LogP contribution in [0.4, 0.5) is 5.69 Å². The van der Waals surface area contributed by atoms with Gasteiger partial charge in [0, 0.05) is 17.3 Å². The number of hydrogen-bond acceptors (Lipinski definition) is 5. The first kappa shape index (κ1) is 12.0. The van der Waals surface area contributed by atoms with Gasteiger partial charge in [-0.1, -0.05) is 0 Å². The van der Waals surface area contributed by atoms with E-state index >= 15 is 0 Å². The third-order valence-corrected chi connectivity index (χ3v) is 3.83. The van der Waals surface area contributed by atoms with Gasteiger partial charge in [0.1, 0.15) is 5.75 Å². The van der Waals surface area contributed by atoms with Gasteiger partial charge in [0.2, 0.25) is 0 Å². The van der Waals surface area contributed by atoms with E-state index in [9.17, 15) is 0 Å². The number of hydrogen-bond donors (Lipinski definition) is 1. The van der Waals surface area contributed by atoms with E-state index in [1.807, 2.05) is 16.8 Å². The first-order valence-electron chi connectivity index (χ1n) is 6.36. The summed E-state index contributed by atoms with van der Waals surface area (Å²) in [5.74, 6) is 1.45. The third kappa shape index (κ3) is 1.93. The SMILES string of the molecule is COc1cc(N)cc(-c2nnnn2C2(C)CCC2)c1. The zero-order valence-corrected chi connectivity index (χ0v) is 11.1. The van der Waals surface area contributed by atoms with Gasteiger partial charge in [-0.2, -0.15) is 0 Å². The van der Waals surface area contributed by atoms with E-state index in [1.54, 1.807) is 13.2 Å². The van der Waals surface area contributed by atoms with Crippen molar-refractivity contribution >= 4 is 5.69 Å². The van der Waals surface area contributed by atoms with Crippen LogP contribution in [-0.2, 0) is 5.54 Å². The van der Waals surface area contributed by atoms with Crippen molar-refractivity contribution in [3.8, 4) is 17.1 Å². The van der Waals surface area contributed by atoms with Gasteiger partial charge < -0.3 is 10.5 Å². The van der Waals surface area contributed by atoms with Crippen LogP contribution in [0.2, 0.25) is 0 Å². The van der Waals surface area contributed by atoms with Crippen LogP contribution in [0.5, 0.6) is 5.75 Å². The normalized spacial score (nSPS) is 16.9. The van der Waals surface area contributed by atoms with Gasteiger partial charge in [-0.3, -0.25) is 0 Å². The van der Waals surface area contributed by atoms with Crippen molar-refractivity contribution in [2.75, 3.05) is 12.8 Å². The number of nitrogen functional groups attached to an aromatic ring is 1. The second kappa shape index (κ2) is 4.22. The number of methoxy groups -OCH3 is 1. The Morgan fingerprint density at radius 1 is 1.32 bits per heavy atom. The molecule has 0 saturated heterocycles. The van der Waals surface area contributed by atoms with Crippen molar-refractivity contribution in [1.29, 1.82) is 0 Å². The number of tetrazole rings is 1. The maximum atomic E-state index is 5.89. The molecule has 1 aliphatic rings. The summed E-state index contributed by atoms with van der Waals surface area (Å²) >= 11 is 0. The van der Waals surface area contributed by atoms with E-state index in [4.69, 9.17) is 10.5 Å². The summed E-state index contributed by atoms with van der Waals surface area (Å²) in [6, 6.07) is 5.55. The Morgan fingerprint density at radius 3 is 2.74 bits per heavy atom. The summed E-state index contributed by atoms with van der Waals surface area (Å²) in [5, 5.41) is 12.1. The molecular formula is C13H17N5O. The van der Waals surface area contributed by atoms with E-state index in [0.29, 0.717) is 11.4 Å². The fourth-order valence-electron chi connectivity index (χ4n) is 2.50. The molecule has 2 aromatic rings. The molecule has 1 fully saturated rings. The average molecular weight is 259 g/mol. The number of nitrogens with two attached hydrogens (primary N) is 1. The van der Waals surface area contributed by atoms with Crippen molar-refractivity contribution in [1.82, 2.24) is 20.2 Å². The molecule has 1 saturated carbocycles. The number of benzene rings is 1. The number of anilines is 1. The molecule has 1 heterocycles. The Balaban J connectivity index is 2.08. The van der Waals surface area contributed by atoms with Crippen LogP contribution in [0.25, 0.3) is 11.4 Å². The first-order chi connectivity index (χ1) is 9.12. The second-order valence-electron chi connectivity index (χ2n) is 5.26. The Labute approximate surface area is 111 Å². The minimum Gasteiger partial charge on any atom is -0.497 e. The van der Waals surface area contributed by atoms with E-state index in [-0.39, 0.29) is 5.54 Å². The topological polar surface area (TPSA) is 78.8 Å². The quantitative estimate of drug-likeness (QED) is 0.851. The molecule has 100 valence electrons. The van der Waals surface area contributed by atoms with Gasteiger partial charge in [0.15, 0.2) is 5.82 Å². The van der Waals surface area contributed by atoms with E-state index in [0.717, 1.165) is 24.2 Å². The van der Waals surface area contributed by atoms with E-state index in [2.05, 4.69) is 22.4 Å². The molecule has 0 bridgehead atoms. The second-order valence-corrected chi connectivity index (χ2v) is 5.26. The van der Waals surface area contributed by atoms with Crippen LogP contribution in [0.1, 0.15) is 26.2 Å². The number of ether oxygens (including phenoxy) is 1. The summed E-state index contributed by atoms with van der Waals surface area (Å²) in [6.07, 6.45) is 3.42. The predicted octanol–water partition coefficient (Wildman–Crippen LogP) is 1.83. The minimum atomic E-state index is 0.0245. The molecule has 6 heteroatoms. The predicted molar refractivity (Wildman–Crippen MR) is 71.7 cm³/mol. The largest absolute Gasteiger partial charge is 0.497 e. The van der Waals surface area contributed by atoms with Crippen LogP contribution in [-0.4, -0.2) is 27.3 Å². The molecule has 0 atom stereocenters. The highest BCUT2D eigenvalue weighted by molar-refractivity contribution is 5.64. The van der Waals surface area contributed by atoms with Crippen LogP contribution in [0, 0.1) is 0 Å². The zero-order chi connectivity index (χ0) is 13.5. The van der Waals surface area contributed by atoms with Crippen molar-refractivity contribution in [3.63, 3.8) is 0 Å². The highest BCUT2D eigenvalue weighted by atomic mass is 16.5. The lowest BCUT2D eigenvalue weighted by Gasteiger charge is -2.38. The maximum absolute atomic E-state index is 5.89. The van der Waals surface area contributed by atoms with Gasteiger partial charge in [-0.25, -0.2) is 4.68 Å². The zero-order valence-electron chi connectivity index (χ0n) is 11.1. The third-order valence-electron chi connectivity index (χ3n) is 3.83. The van der Waals surface area contributed by atoms with Crippen LogP contribution in [0.15, 0.2) is 18.2 Å². The summed E-state index contributed by atoms with van der Waals surface area (Å²) < 4.78 is 7.15. The van der Waals surface area contributed by atoms with Gasteiger partial charge in [-0.05, 0) is 48.7 Å². The summed E-state index contributed by atoms with van der Waals surface area (Å²) in [4.78, 5) is 0. The molecular weight excluding hydrogens is 242 g/mol. The highest BCUT2D eigenvalue weighted by Gasteiger charge is 2.37. The molecule has 0 spiro atoms. The number of rotatable bonds is 3. The average Bonchev–Trinajstić information content (AvgIpc) is 2.84. The Bertz CT molecular complexity index is 603. The maximum Gasteiger partial charge on any atom is 0.182 e. The molecule has 0 unspecified atom stereocenters. The molecule has 1 aromatic carbocycles. The Hall–Kier alpha value is -2.11. The molecule has 0 aliphatic heterocycles.